The predicted octanol–water partition coefficient (Wildman–Crippen LogP) is 6.32. The number of carbonyl (C=O) groups is 6. The number of piperidine rings is 2. The van der Waals surface area contributed by atoms with Gasteiger partial charge in [0.25, 0.3) is 0 Å². The number of aliphatic hydroxyl groups excluding tert-OH is 1. The number of aromatic nitrogens is 2. The van der Waals surface area contributed by atoms with E-state index in [-0.39, 0.29) is 104 Å². The number of hydrogen-bond donors (Lipinski definition) is 5. The van der Waals surface area contributed by atoms with Gasteiger partial charge in [-0.15, -0.1) is 0 Å². The molecule has 8 rings (SSSR count). The molecule has 2 atom stereocenters. The number of nitrogens with one attached hydrogen (secondary N) is 2. The SMILES string of the molecule is CC(=O)[S-].CO.COC(=O)CC(CC1CCN(C(=O)CCc2ccc3c(n2)NCCC3)CC1)c1ccc(OCCOCCSC(C)=O)c(OC)c1.COc1cc(C(CC(=O)O)CC2CCN(C(=O)CCc3ccc4c(n3)NCCC4)CC2)ccc1OCCOCCS.[K+]. The maximum Gasteiger partial charge on any atom is 1.00 e. The molecular weight excluding hydrogens is 1280 g/mol. The topological polar surface area (TPSA) is 264 Å². The van der Waals surface area contributed by atoms with Crippen LogP contribution in [-0.2, 0) is 81.3 Å². The van der Waals surface area contributed by atoms with Gasteiger partial charge in [-0.25, -0.2) is 9.97 Å². The van der Waals surface area contributed by atoms with Crippen molar-refractivity contribution >= 4 is 82.6 Å². The van der Waals surface area contributed by atoms with Gasteiger partial charge in [0.05, 0.1) is 60.6 Å². The molecule has 21 nitrogen and oxygen atoms in total. The Morgan fingerprint density at radius 3 is 1.48 bits per heavy atom. The number of carboxylic acids is 1. The Bertz CT molecular complexity index is 2930. The Morgan fingerprint density at radius 1 is 0.634 bits per heavy atom. The summed E-state index contributed by atoms with van der Waals surface area (Å²) in [5, 5.41) is 23.2. The first-order valence-electron chi connectivity index (χ1n) is 32.0. The number of thiol groups is 1. The number of aryl methyl sites for hydroxylation is 4. The van der Waals surface area contributed by atoms with Gasteiger partial charge in [0.1, 0.15) is 24.8 Å². The summed E-state index contributed by atoms with van der Waals surface area (Å²) < 4.78 is 38.9. The summed E-state index contributed by atoms with van der Waals surface area (Å²) >= 11 is 9.35. The Kier molecular flexibility index (Phi) is 39.5. The number of nitrogens with zero attached hydrogens (tertiary/aromatic N) is 4. The van der Waals surface area contributed by atoms with Crippen LogP contribution in [0.25, 0.3) is 0 Å². The van der Waals surface area contributed by atoms with E-state index in [2.05, 4.69) is 54.1 Å². The molecule has 2 unspecified atom stereocenters. The minimum absolute atomic E-state index is 0. The molecule has 0 radical (unpaired) electrons. The van der Waals surface area contributed by atoms with Gasteiger partial charge in [0, 0.05) is 94.2 Å². The number of anilines is 2. The van der Waals surface area contributed by atoms with E-state index in [9.17, 15) is 33.9 Å². The number of pyridine rings is 2. The van der Waals surface area contributed by atoms with E-state index >= 15 is 0 Å². The van der Waals surface area contributed by atoms with Gasteiger partial charge in [-0.2, -0.15) is 12.6 Å². The van der Waals surface area contributed by atoms with Crippen molar-refractivity contribution in [1.82, 2.24) is 19.8 Å². The van der Waals surface area contributed by atoms with Crippen molar-refractivity contribution in [2.45, 2.75) is 128 Å². The molecule has 2 amide bonds. The second kappa shape index (κ2) is 45.6. The average Bonchev–Trinajstić information content (AvgIpc) is 1.89. The van der Waals surface area contributed by atoms with Crippen LogP contribution < -0.4 is 81.0 Å². The van der Waals surface area contributed by atoms with Gasteiger partial charge in [0.15, 0.2) is 28.1 Å². The summed E-state index contributed by atoms with van der Waals surface area (Å²) in [7, 11) is 5.60. The summed E-state index contributed by atoms with van der Waals surface area (Å²) in [6, 6.07) is 19.8. The number of methoxy groups -OCH3 is 3. The van der Waals surface area contributed by atoms with Gasteiger partial charge < -0.3 is 81.2 Å². The second-order valence-electron chi connectivity index (χ2n) is 22.9. The van der Waals surface area contributed by atoms with Crippen LogP contribution in [0.2, 0.25) is 0 Å². The number of ether oxygens (including phenoxy) is 7. The summed E-state index contributed by atoms with van der Waals surface area (Å²) in [5.74, 6) is 5.40. The largest absolute Gasteiger partial charge is 1.00 e. The number of aliphatic carboxylic acids is 1. The Labute approximate surface area is 607 Å². The molecule has 0 aliphatic carbocycles. The van der Waals surface area contributed by atoms with Crippen molar-refractivity contribution in [3.8, 4) is 23.0 Å². The van der Waals surface area contributed by atoms with Crippen LogP contribution in [0.5, 0.6) is 23.0 Å². The summed E-state index contributed by atoms with van der Waals surface area (Å²) in [5.41, 5.74) is 6.33. The van der Waals surface area contributed by atoms with Crippen LogP contribution in [0.4, 0.5) is 11.6 Å². The van der Waals surface area contributed by atoms with E-state index in [1.165, 1.54) is 36.9 Å². The van der Waals surface area contributed by atoms with Crippen molar-refractivity contribution < 1.29 is 124 Å². The third-order valence-corrected chi connectivity index (χ3v) is 17.3. The normalized spacial score (nSPS) is 14.9. The molecule has 0 saturated carbocycles. The average molecular weight is 1370 g/mol. The Morgan fingerprint density at radius 2 is 1.08 bits per heavy atom. The summed E-state index contributed by atoms with van der Waals surface area (Å²) in [6.45, 7) is 10.3. The van der Waals surface area contributed by atoms with Crippen LogP contribution in [0.15, 0.2) is 60.7 Å². The molecular formula is C68H97KN6O15S3. The van der Waals surface area contributed by atoms with Crippen LogP contribution in [0.1, 0.15) is 136 Å². The molecule has 2 aromatic carbocycles. The fourth-order valence-electron chi connectivity index (χ4n) is 11.7. The zero-order valence-corrected chi connectivity index (χ0v) is 61.2. The van der Waals surface area contributed by atoms with E-state index < -0.39 is 5.97 Å². The van der Waals surface area contributed by atoms with E-state index in [0.717, 1.165) is 132 Å². The molecule has 2 fully saturated rings. The fourth-order valence-corrected chi connectivity index (χ4v) is 12.3. The van der Waals surface area contributed by atoms with Gasteiger partial charge in [-0.3, -0.25) is 24.0 Å². The molecule has 2 saturated heterocycles. The number of amides is 2. The van der Waals surface area contributed by atoms with Crippen LogP contribution in [0, 0.1) is 11.8 Å². The molecule has 4 aliphatic rings. The number of esters is 1. The van der Waals surface area contributed by atoms with Gasteiger partial charge in [-0.05, 0) is 166 Å². The number of fused-ring (bicyclic) bond motifs is 2. The quantitative estimate of drug-likeness (QED) is 0.0121. The number of rotatable bonds is 31. The van der Waals surface area contributed by atoms with E-state index in [4.69, 9.17) is 48.2 Å². The monoisotopic (exact) mass is 1370 g/mol. The number of benzene rings is 2. The van der Waals surface area contributed by atoms with Crippen molar-refractivity contribution in [3.05, 3.63) is 94.3 Å². The first kappa shape index (κ1) is 80.6. The summed E-state index contributed by atoms with van der Waals surface area (Å²) in [6.07, 6.45) is 12.0. The molecule has 0 spiro atoms. The van der Waals surface area contributed by atoms with E-state index in [1.54, 1.807) is 21.1 Å². The Hall–Kier alpha value is -4.80. The molecule has 2 aromatic heterocycles. The number of thioether (sulfide) groups is 1. The van der Waals surface area contributed by atoms with E-state index in [1.807, 2.05) is 52.3 Å². The molecule has 4 N–H and O–H groups in total. The summed E-state index contributed by atoms with van der Waals surface area (Å²) in [4.78, 5) is 83.8. The van der Waals surface area contributed by atoms with Gasteiger partial charge >= 0.3 is 63.3 Å². The maximum atomic E-state index is 13.0. The molecule has 508 valence electrons. The molecule has 4 aromatic rings. The third-order valence-electron chi connectivity index (χ3n) is 16.4. The van der Waals surface area contributed by atoms with E-state index in [0.29, 0.717) is 125 Å². The predicted molar refractivity (Wildman–Crippen MR) is 363 cm³/mol. The molecule has 6 heterocycles. The third kappa shape index (κ3) is 29.6. The number of hydrogen-bond acceptors (Lipinski definition) is 21. The van der Waals surface area contributed by atoms with Crippen LogP contribution >= 0.6 is 24.4 Å². The van der Waals surface area contributed by atoms with Crippen molar-refractivity contribution in [2.75, 3.05) is 129 Å². The first-order chi connectivity index (χ1) is 44.5. The van der Waals surface area contributed by atoms with Crippen molar-refractivity contribution in [2.24, 2.45) is 11.8 Å². The van der Waals surface area contributed by atoms with Crippen LogP contribution in [0.3, 0.4) is 0 Å². The molecule has 0 bridgehead atoms. The zero-order chi connectivity index (χ0) is 66.6. The number of carbonyl (C=O) groups excluding carboxylic acids is 5. The standard InChI is InChI=1S/C34H47N3O7S.C31H43N3O6S.C2H4OS.CH4O.K/c1-24(38)45-20-19-43-17-18-44-30-10-7-27(22-31(30)41-2)28(23-33(40)42-3)21-25-12-15-37(16-13-25)32(39)11-9-29-8-6-26-5-4-14-35-34(26)36-29;1-38-28-20-24(5-8-27(28)40-16-15-39-17-18-41)25(21-30(36)37)19-22-10-13-34(14-11-22)29(35)9-7-26-6-4-23-3-2-12-32-31(23)33-26;1-2(3)4;1-2;/h6-8,10,22,25,28H,4-5,9,11-21,23H2,1-3H3,(H,35,36);4-6,8,20,22,25,41H,2-3,7,9-19,21H2,1H3,(H,32,33)(H,36,37);1H3,(H,3,4);2H,1H3;/q;;;;+1/p-1. The molecule has 93 heavy (non-hydrogen) atoms. The Balaban J connectivity index is 0.000000363. The molecule has 4 aliphatic heterocycles. The minimum atomic E-state index is -0.825. The molecule has 25 heteroatoms. The van der Waals surface area contributed by atoms with Crippen molar-refractivity contribution in [1.29, 1.82) is 0 Å². The van der Waals surface area contributed by atoms with Crippen molar-refractivity contribution in [3.63, 3.8) is 0 Å². The van der Waals surface area contributed by atoms with Gasteiger partial charge in [0.2, 0.25) is 11.8 Å². The zero-order valence-electron chi connectivity index (χ0n) is 55.6. The fraction of sp³-hybridized carbons (Fsp3) is 0.588. The first-order valence-corrected chi connectivity index (χ1v) is 34.0. The maximum absolute atomic E-state index is 13.0. The number of likely N-dealkylation sites (tertiary alicyclic amines) is 2. The smallest absolute Gasteiger partial charge is 0.742 e. The minimum Gasteiger partial charge on any atom is -0.742 e. The number of aliphatic hydroxyl groups is 1. The second-order valence-corrected chi connectivity index (χ2v) is 25.2. The van der Waals surface area contributed by atoms with Crippen LogP contribution in [-0.4, -0.2) is 183 Å². The number of carboxylic acid groups (broad SMARTS) is 1. The van der Waals surface area contributed by atoms with Gasteiger partial charge in [-0.1, -0.05) is 36.0 Å².